The molecule has 0 heterocycles. The molecule has 0 unspecified atom stereocenters. The van der Waals surface area contributed by atoms with Crippen LogP contribution in [0.2, 0.25) is 0 Å². The monoisotopic (exact) mass is 322 g/mol. The molecule has 0 aromatic heterocycles. The van der Waals surface area contributed by atoms with E-state index in [0.717, 1.165) is 0 Å². The van der Waals surface area contributed by atoms with Gasteiger partial charge in [-0.3, -0.25) is 4.72 Å². The number of sulfonamides is 2. The first-order chi connectivity index (χ1) is 7.60. The topological polar surface area (TPSA) is 92.7 Å². The number of alkyl halides is 6. The standard InChI is InChI=1S/C4H4F6N2O4S2/c1-2(11-17(13,14)3(5,6)7)12-18(15,16)4(8,9)10/h1H3,(H,11,12). The van der Waals surface area contributed by atoms with Crippen molar-refractivity contribution in [3.8, 4) is 0 Å². The summed E-state index contributed by atoms with van der Waals surface area (Å²) >= 11 is 0. The maximum absolute atomic E-state index is 11.8. The van der Waals surface area contributed by atoms with Crippen molar-refractivity contribution >= 4 is 25.9 Å². The minimum absolute atomic E-state index is 0.312. The van der Waals surface area contributed by atoms with E-state index in [4.69, 9.17) is 0 Å². The number of rotatable bonds is 2. The van der Waals surface area contributed by atoms with Gasteiger partial charge in [-0.2, -0.15) is 43.2 Å². The third-order valence-electron chi connectivity index (χ3n) is 1.14. The van der Waals surface area contributed by atoms with E-state index in [1.165, 1.54) is 0 Å². The maximum atomic E-state index is 11.8. The highest BCUT2D eigenvalue weighted by molar-refractivity contribution is 7.92. The van der Waals surface area contributed by atoms with E-state index < -0.39 is 36.9 Å². The molecular formula is C4H4F6N2O4S2. The van der Waals surface area contributed by atoms with Gasteiger partial charge in [0.15, 0.2) is 0 Å². The molecule has 0 saturated heterocycles. The van der Waals surface area contributed by atoms with Gasteiger partial charge < -0.3 is 0 Å². The van der Waals surface area contributed by atoms with Crippen molar-refractivity contribution in [1.29, 1.82) is 0 Å². The van der Waals surface area contributed by atoms with Crippen LogP contribution in [0.5, 0.6) is 0 Å². The van der Waals surface area contributed by atoms with Crippen LogP contribution in [0.15, 0.2) is 4.40 Å². The van der Waals surface area contributed by atoms with Gasteiger partial charge in [0.25, 0.3) is 0 Å². The highest BCUT2D eigenvalue weighted by atomic mass is 32.2. The minimum atomic E-state index is -6.12. The van der Waals surface area contributed by atoms with Gasteiger partial charge in [-0.15, -0.1) is 4.40 Å². The highest BCUT2D eigenvalue weighted by Gasteiger charge is 2.48. The fourth-order valence-corrected chi connectivity index (χ4v) is 1.62. The van der Waals surface area contributed by atoms with Crippen LogP contribution < -0.4 is 4.72 Å². The molecule has 0 bridgehead atoms. The molecule has 0 atom stereocenters. The zero-order valence-electron chi connectivity index (χ0n) is 8.16. The van der Waals surface area contributed by atoms with Crippen LogP contribution in [-0.2, 0) is 20.0 Å². The summed E-state index contributed by atoms with van der Waals surface area (Å²) in [6, 6.07) is 0. The molecule has 1 N–H and O–H groups in total. The van der Waals surface area contributed by atoms with E-state index in [0.29, 0.717) is 11.6 Å². The summed E-state index contributed by atoms with van der Waals surface area (Å²) in [5.74, 6) is -1.59. The van der Waals surface area contributed by atoms with E-state index in [-0.39, 0.29) is 0 Å². The zero-order valence-corrected chi connectivity index (χ0v) is 9.80. The summed E-state index contributed by atoms with van der Waals surface area (Å²) in [6.07, 6.45) is 0. The Hall–Kier alpha value is -1.05. The molecule has 108 valence electrons. The lowest BCUT2D eigenvalue weighted by Crippen LogP contribution is -2.40. The SMILES string of the molecule is C/C(=N/S(=O)(=O)C(F)(F)F)NS(=O)(=O)C(F)(F)F. The number of halogens is 6. The van der Waals surface area contributed by atoms with Crippen molar-refractivity contribution in [2.45, 2.75) is 17.9 Å². The minimum Gasteiger partial charge on any atom is -0.263 e. The number of hydrogen-bond acceptors (Lipinski definition) is 4. The Labute approximate surface area is 96.8 Å². The predicted molar refractivity (Wildman–Crippen MR) is 46.2 cm³/mol. The molecule has 0 rings (SSSR count). The van der Waals surface area contributed by atoms with Gasteiger partial charge in [0.05, 0.1) is 0 Å². The fourth-order valence-electron chi connectivity index (χ4n) is 0.503. The van der Waals surface area contributed by atoms with Gasteiger partial charge in [-0.1, -0.05) is 0 Å². The summed E-state index contributed by atoms with van der Waals surface area (Å²) in [5.41, 5.74) is -11.7. The Morgan fingerprint density at radius 1 is 0.944 bits per heavy atom. The van der Waals surface area contributed by atoms with Crippen molar-refractivity contribution in [1.82, 2.24) is 4.72 Å². The molecule has 0 aliphatic heterocycles. The predicted octanol–water partition coefficient (Wildman–Crippen LogP) is 0.694. The molecule has 0 fully saturated rings. The van der Waals surface area contributed by atoms with Gasteiger partial charge in [0.2, 0.25) is 0 Å². The van der Waals surface area contributed by atoms with Crippen molar-refractivity contribution in [2.24, 2.45) is 4.40 Å². The Morgan fingerprint density at radius 2 is 1.33 bits per heavy atom. The average Bonchev–Trinajstić information content (AvgIpc) is 1.95. The second kappa shape index (κ2) is 4.56. The number of nitrogens with zero attached hydrogens (tertiary/aromatic N) is 1. The Bertz CT molecular complexity index is 541. The lowest BCUT2D eigenvalue weighted by molar-refractivity contribution is -0.0443. The van der Waals surface area contributed by atoms with E-state index >= 15 is 0 Å². The van der Waals surface area contributed by atoms with Gasteiger partial charge in [-0.05, 0) is 6.92 Å². The summed E-state index contributed by atoms with van der Waals surface area (Å²) in [7, 11) is -12.1. The molecule has 0 aromatic carbocycles. The summed E-state index contributed by atoms with van der Waals surface area (Å²) in [6.45, 7) is 0.312. The molecule has 0 aliphatic carbocycles. The van der Waals surface area contributed by atoms with Crippen molar-refractivity contribution in [2.75, 3.05) is 0 Å². The van der Waals surface area contributed by atoms with E-state index in [2.05, 4.69) is 0 Å². The van der Waals surface area contributed by atoms with Crippen LogP contribution in [0.1, 0.15) is 6.92 Å². The highest BCUT2D eigenvalue weighted by Crippen LogP contribution is 2.25. The first kappa shape index (κ1) is 16.9. The number of hydrogen-bond donors (Lipinski definition) is 1. The molecule has 0 radical (unpaired) electrons. The van der Waals surface area contributed by atoms with Crippen LogP contribution >= 0.6 is 0 Å². The number of amidine groups is 1. The third kappa shape index (κ3) is 4.01. The molecule has 18 heavy (non-hydrogen) atoms. The van der Waals surface area contributed by atoms with Crippen LogP contribution in [0, 0.1) is 0 Å². The lowest BCUT2D eigenvalue weighted by atomic mass is 10.8. The van der Waals surface area contributed by atoms with Gasteiger partial charge in [0.1, 0.15) is 5.84 Å². The quantitative estimate of drug-likeness (QED) is 0.460. The Balaban J connectivity index is 5.33. The zero-order chi connectivity index (χ0) is 15.0. The van der Waals surface area contributed by atoms with Gasteiger partial charge in [-0.25, -0.2) is 0 Å². The van der Waals surface area contributed by atoms with Crippen LogP contribution in [0.3, 0.4) is 0 Å². The average molecular weight is 322 g/mol. The van der Waals surface area contributed by atoms with Crippen molar-refractivity contribution < 1.29 is 43.2 Å². The van der Waals surface area contributed by atoms with Crippen LogP contribution in [0.25, 0.3) is 0 Å². The first-order valence-electron chi connectivity index (χ1n) is 3.57. The molecule has 0 aliphatic rings. The van der Waals surface area contributed by atoms with Crippen molar-refractivity contribution in [3.63, 3.8) is 0 Å². The molecule has 0 aromatic rings. The lowest BCUT2D eigenvalue weighted by Gasteiger charge is -2.10. The largest absolute Gasteiger partial charge is 0.518 e. The normalized spacial score (nSPS) is 15.6. The van der Waals surface area contributed by atoms with Gasteiger partial charge in [0, 0.05) is 0 Å². The van der Waals surface area contributed by atoms with Gasteiger partial charge >= 0.3 is 31.1 Å². The molecule has 0 saturated carbocycles. The summed E-state index contributed by atoms with van der Waals surface area (Å²) in [5, 5.41) is 0. The molecule has 6 nitrogen and oxygen atoms in total. The van der Waals surface area contributed by atoms with E-state index in [1.807, 2.05) is 4.40 Å². The second-order valence-corrected chi connectivity index (χ2v) is 5.92. The molecule has 0 spiro atoms. The molecular weight excluding hydrogens is 318 g/mol. The van der Waals surface area contributed by atoms with Crippen molar-refractivity contribution in [3.05, 3.63) is 0 Å². The Kier molecular flexibility index (Phi) is 4.30. The molecule has 14 heteroatoms. The molecule has 0 amide bonds. The Morgan fingerprint density at radius 3 is 1.61 bits per heavy atom. The van der Waals surface area contributed by atoms with E-state index in [1.54, 1.807) is 0 Å². The third-order valence-corrected chi connectivity index (χ3v) is 3.41. The second-order valence-electron chi connectivity index (χ2n) is 2.65. The van der Waals surface area contributed by atoms with Crippen LogP contribution in [0.4, 0.5) is 26.3 Å². The maximum Gasteiger partial charge on any atom is 0.518 e. The fraction of sp³-hybridized carbons (Fsp3) is 0.750. The number of nitrogens with one attached hydrogen (secondary N) is 1. The summed E-state index contributed by atoms with van der Waals surface area (Å²) in [4.78, 5) is 0. The van der Waals surface area contributed by atoms with E-state index in [9.17, 15) is 43.2 Å². The smallest absolute Gasteiger partial charge is 0.263 e. The summed E-state index contributed by atoms with van der Waals surface area (Å²) < 4.78 is 115. The first-order valence-corrected chi connectivity index (χ1v) is 6.49. The van der Waals surface area contributed by atoms with Crippen LogP contribution in [-0.4, -0.2) is 33.7 Å².